The Hall–Kier alpha value is -1.96. The summed E-state index contributed by atoms with van der Waals surface area (Å²) in [5.74, 6) is 0.534. The van der Waals surface area contributed by atoms with Gasteiger partial charge in [0, 0.05) is 19.4 Å². The number of hydrogen-bond donors (Lipinski definition) is 1. The molecule has 25 heavy (non-hydrogen) atoms. The van der Waals surface area contributed by atoms with Gasteiger partial charge in [-0.25, -0.2) is 4.79 Å². The lowest BCUT2D eigenvalue weighted by molar-refractivity contribution is -0.147. The van der Waals surface area contributed by atoms with E-state index in [0.29, 0.717) is 25.4 Å². The second-order valence-electron chi connectivity index (χ2n) is 7.68. The standard InChI is InChI=1S/C17H26N4O4/c1-11(2)15-18-14(25-19-15)9-20-6-4-17(5-7-20)8-13(16(23)24)21(10-17)12(3)22/h11,13H,4-10H2,1-3H3,(H,23,24)/t13-/m1/s1. The van der Waals surface area contributed by atoms with Crippen LogP contribution in [0, 0.1) is 5.41 Å². The molecule has 1 spiro atoms. The highest BCUT2D eigenvalue weighted by molar-refractivity contribution is 5.83. The second kappa shape index (κ2) is 6.74. The molecule has 138 valence electrons. The van der Waals surface area contributed by atoms with Gasteiger partial charge in [-0.1, -0.05) is 19.0 Å². The Labute approximate surface area is 147 Å². The van der Waals surface area contributed by atoms with E-state index in [-0.39, 0.29) is 17.2 Å². The largest absolute Gasteiger partial charge is 0.480 e. The van der Waals surface area contributed by atoms with E-state index in [4.69, 9.17) is 4.52 Å². The number of nitrogens with zero attached hydrogens (tertiary/aromatic N) is 4. The number of carboxylic acid groups (broad SMARTS) is 1. The summed E-state index contributed by atoms with van der Waals surface area (Å²) < 4.78 is 5.31. The van der Waals surface area contributed by atoms with E-state index in [1.807, 2.05) is 13.8 Å². The number of aromatic nitrogens is 2. The molecule has 1 aromatic heterocycles. The van der Waals surface area contributed by atoms with Gasteiger partial charge in [-0.05, 0) is 37.8 Å². The maximum Gasteiger partial charge on any atom is 0.326 e. The van der Waals surface area contributed by atoms with Crippen molar-refractivity contribution in [3.63, 3.8) is 0 Å². The number of aliphatic carboxylic acids is 1. The molecule has 2 saturated heterocycles. The molecule has 3 heterocycles. The molecule has 0 aromatic carbocycles. The first-order valence-electron chi connectivity index (χ1n) is 8.84. The Morgan fingerprint density at radius 3 is 2.52 bits per heavy atom. The molecule has 0 bridgehead atoms. The van der Waals surface area contributed by atoms with Crippen LogP contribution in [0.2, 0.25) is 0 Å². The zero-order valence-electron chi connectivity index (χ0n) is 15.1. The smallest absolute Gasteiger partial charge is 0.326 e. The minimum Gasteiger partial charge on any atom is -0.480 e. The van der Waals surface area contributed by atoms with E-state index in [2.05, 4.69) is 15.0 Å². The Morgan fingerprint density at radius 1 is 1.36 bits per heavy atom. The summed E-state index contributed by atoms with van der Waals surface area (Å²) in [6.45, 7) is 8.36. The molecular weight excluding hydrogens is 324 g/mol. The van der Waals surface area contributed by atoms with Gasteiger partial charge < -0.3 is 14.5 Å². The molecule has 2 aliphatic rings. The maximum absolute atomic E-state index is 11.8. The van der Waals surface area contributed by atoms with E-state index in [1.165, 1.54) is 11.8 Å². The molecule has 0 unspecified atom stereocenters. The number of likely N-dealkylation sites (tertiary alicyclic amines) is 2. The van der Waals surface area contributed by atoms with Crippen molar-refractivity contribution in [2.75, 3.05) is 19.6 Å². The van der Waals surface area contributed by atoms with Crippen LogP contribution in [0.3, 0.4) is 0 Å². The monoisotopic (exact) mass is 350 g/mol. The molecule has 2 fully saturated rings. The van der Waals surface area contributed by atoms with Crippen molar-refractivity contribution in [3.05, 3.63) is 11.7 Å². The summed E-state index contributed by atoms with van der Waals surface area (Å²) in [7, 11) is 0. The number of carbonyl (C=O) groups excluding carboxylic acids is 1. The fourth-order valence-corrected chi connectivity index (χ4v) is 3.91. The lowest BCUT2D eigenvalue weighted by atomic mass is 9.76. The van der Waals surface area contributed by atoms with Crippen LogP contribution in [-0.4, -0.2) is 62.6 Å². The zero-order chi connectivity index (χ0) is 18.2. The van der Waals surface area contributed by atoms with E-state index < -0.39 is 12.0 Å². The van der Waals surface area contributed by atoms with Crippen LogP contribution in [0.4, 0.5) is 0 Å². The molecule has 8 heteroatoms. The highest BCUT2D eigenvalue weighted by atomic mass is 16.5. The summed E-state index contributed by atoms with van der Waals surface area (Å²) in [5.41, 5.74) is -0.0802. The topological polar surface area (TPSA) is 99.8 Å². The van der Waals surface area contributed by atoms with Crippen LogP contribution in [0.15, 0.2) is 4.52 Å². The van der Waals surface area contributed by atoms with E-state index in [1.54, 1.807) is 0 Å². The third-order valence-corrected chi connectivity index (χ3v) is 5.47. The van der Waals surface area contributed by atoms with Gasteiger partial charge in [0.25, 0.3) is 0 Å². The number of carbonyl (C=O) groups is 2. The molecular formula is C17H26N4O4. The summed E-state index contributed by atoms with van der Waals surface area (Å²) in [5, 5.41) is 13.4. The summed E-state index contributed by atoms with van der Waals surface area (Å²) >= 11 is 0. The average molecular weight is 350 g/mol. The number of rotatable bonds is 4. The molecule has 1 atom stereocenters. The van der Waals surface area contributed by atoms with Gasteiger partial charge in [0.15, 0.2) is 5.82 Å². The average Bonchev–Trinajstić information content (AvgIpc) is 3.15. The molecule has 0 aliphatic carbocycles. The SMILES string of the molecule is CC(=O)N1CC2(CCN(Cc3nc(C(C)C)no3)CC2)C[C@@H]1C(=O)O. The minimum atomic E-state index is -0.901. The van der Waals surface area contributed by atoms with Crippen LogP contribution < -0.4 is 0 Å². The third kappa shape index (κ3) is 3.68. The Bertz CT molecular complexity index is 625. The molecule has 1 N–H and O–H groups in total. The summed E-state index contributed by atoms with van der Waals surface area (Å²) in [4.78, 5) is 31.4. The Balaban J connectivity index is 1.59. The normalized spacial score (nSPS) is 23.5. The number of carboxylic acids is 1. The molecule has 2 aliphatic heterocycles. The van der Waals surface area contributed by atoms with Gasteiger partial charge in [-0.3, -0.25) is 9.69 Å². The lowest BCUT2D eigenvalue weighted by Crippen LogP contribution is -2.42. The summed E-state index contributed by atoms with van der Waals surface area (Å²) in [6, 6.07) is -0.686. The third-order valence-electron chi connectivity index (χ3n) is 5.47. The first-order chi connectivity index (χ1) is 11.8. The van der Waals surface area contributed by atoms with E-state index in [9.17, 15) is 14.7 Å². The lowest BCUT2D eigenvalue weighted by Gasteiger charge is -2.38. The van der Waals surface area contributed by atoms with Gasteiger partial charge in [-0.2, -0.15) is 4.98 Å². The first kappa shape index (κ1) is 17.8. The zero-order valence-corrected chi connectivity index (χ0v) is 15.1. The fraction of sp³-hybridized carbons (Fsp3) is 0.765. The van der Waals surface area contributed by atoms with E-state index >= 15 is 0 Å². The van der Waals surface area contributed by atoms with Crippen LogP contribution in [-0.2, 0) is 16.1 Å². The molecule has 1 aromatic rings. The maximum atomic E-state index is 11.8. The Kier molecular flexibility index (Phi) is 4.81. The Morgan fingerprint density at radius 2 is 2.04 bits per heavy atom. The van der Waals surface area contributed by atoms with Crippen molar-refractivity contribution >= 4 is 11.9 Å². The predicted octanol–water partition coefficient (Wildman–Crippen LogP) is 1.48. The van der Waals surface area contributed by atoms with Gasteiger partial charge in [0.2, 0.25) is 11.8 Å². The number of hydrogen-bond acceptors (Lipinski definition) is 6. The van der Waals surface area contributed by atoms with Crippen molar-refractivity contribution in [3.8, 4) is 0 Å². The van der Waals surface area contributed by atoms with Crippen LogP contribution >= 0.6 is 0 Å². The molecule has 0 saturated carbocycles. The van der Waals surface area contributed by atoms with Crippen molar-refractivity contribution in [2.45, 2.75) is 58.5 Å². The van der Waals surface area contributed by atoms with Gasteiger partial charge in [0.1, 0.15) is 6.04 Å². The molecule has 3 rings (SSSR count). The van der Waals surface area contributed by atoms with Crippen molar-refractivity contribution in [1.29, 1.82) is 0 Å². The van der Waals surface area contributed by atoms with Gasteiger partial charge >= 0.3 is 5.97 Å². The van der Waals surface area contributed by atoms with Crippen LogP contribution in [0.5, 0.6) is 0 Å². The molecule has 8 nitrogen and oxygen atoms in total. The van der Waals surface area contributed by atoms with Gasteiger partial charge in [-0.15, -0.1) is 0 Å². The van der Waals surface area contributed by atoms with Crippen molar-refractivity contribution < 1.29 is 19.2 Å². The second-order valence-corrected chi connectivity index (χ2v) is 7.68. The highest BCUT2D eigenvalue weighted by Gasteiger charge is 2.49. The van der Waals surface area contributed by atoms with Crippen LogP contribution in [0.1, 0.15) is 57.7 Å². The molecule has 0 radical (unpaired) electrons. The predicted molar refractivity (Wildman–Crippen MR) is 88.8 cm³/mol. The highest BCUT2D eigenvalue weighted by Crippen LogP contribution is 2.43. The van der Waals surface area contributed by atoms with E-state index in [0.717, 1.165) is 31.8 Å². The number of amides is 1. The summed E-state index contributed by atoms with van der Waals surface area (Å²) in [6.07, 6.45) is 2.31. The first-order valence-corrected chi connectivity index (χ1v) is 8.84. The van der Waals surface area contributed by atoms with Crippen molar-refractivity contribution in [2.24, 2.45) is 5.41 Å². The van der Waals surface area contributed by atoms with Crippen molar-refractivity contribution in [1.82, 2.24) is 19.9 Å². The quantitative estimate of drug-likeness (QED) is 0.878. The minimum absolute atomic E-state index is 0.0802. The van der Waals surface area contributed by atoms with Gasteiger partial charge in [0.05, 0.1) is 6.54 Å². The molecule has 1 amide bonds. The fourth-order valence-electron chi connectivity index (χ4n) is 3.91. The van der Waals surface area contributed by atoms with Crippen LogP contribution in [0.25, 0.3) is 0 Å². The number of piperidine rings is 1.